The van der Waals surface area contributed by atoms with E-state index in [4.69, 9.17) is 10.00 Å². The van der Waals surface area contributed by atoms with Crippen LogP contribution in [0.2, 0.25) is 0 Å². The van der Waals surface area contributed by atoms with Crippen molar-refractivity contribution in [1.29, 1.82) is 5.26 Å². The molecule has 1 N–H and O–H groups in total. The third-order valence-corrected chi connectivity index (χ3v) is 2.77. The van der Waals surface area contributed by atoms with Crippen molar-refractivity contribution in [1.82, 2.24) is 0 Å². The summed E-state index contributed by atoms with van der Waals surface area (Å²) in [5.41, 5.74) is 1.04. The maximum absolute atomic E-state index is 13.2. The van der Waals surface area contributed by atoms with Gasteiger partial charge < -0.3 is 10.1 Å². The number of rotatable bonds is 0. The molecule has 0 aliphatic carbocycles. The molecule has 0 bridgehead atoms. The number of hydrogen-bond donors (Lipinski definition) is 1. The summed E-state index contributed by atoms with van der Waals surface area (Å²) < 4.78 is 18.7. The summed E-state index contributed by atoms with van der Waals surface area (Å²) in [4.78, 5) is 12.0. The zero-order valence-electron chi connectivity index (χ0n) is 9.61. The van der Waals surface area contributed by atoms with Crippen LogP contribution in [0.5, 0.6) is 11.5 Å². The standard InChI is InChI=1S/C14H7FN2O2/c15-9-2-3-10-13(6-9)19-12-4-1-8(7-16)5-11(12)17-14(10)18/h1-6H,(H,17,18). The Labute approximate surface area is 108 Å². The number of nitrogens with zero attached hydrogens (tertiary/aromatic N) is 1. The van der Waals surface area contributed by atoms with Crippen molar-refractivity contribution in [3.05, 3.63) is 53.3 Å². The molecule has 4 nitrogen and oxygen atoms in total. The van der Waals surface area contributed by atoms with Crippen LogP contribution >= 0.6 is 0 Å². The number of amides is 1. The van der Waals surface area contributed by atoms with Crippen molar-refractivity contribution in [3.8, 4) is 17.6 Å². The van der Waals surface area contributed by atoms with Crippen LogP contribution in [-0.4, -0.2) is 5.91 Å². The Hall–Kier alpha value is -2.87. The molecule has 0 saturated carbocycles. The highest BCUT2D eigenvalue weighted by Crippen LogP contribution is 2.36. The van der Waals surface area contributed by atoms with Crippen LogP contribution in [0.3, 0.4) is 0 Å². The number of hydrogen-bond acceptors (Lipinski definition) is 3. The molecule has 1 aliphatic rings. The molecule has 19 heavy (non-hydrogen) atoms. The maximum Gasteiger partial charge on any atom is 0.259 e. The first-order valence-corrected chi connectivity index (χ1v) is 5.50. The van der Waals surface area contributed by atoms with Crippen LogP contribution in [0, 0.1) is 17.1 Å². The van der Waals surface area contributed by atoms with Crippen molar-refractivity contribution < 1.29 is 13.9 Å². The van der Waals surface area contributed by atoms with E-state index in [2.05, 4.69) is 5.32 Å². The van der Waals surface area contributed by atoms with Crippen molar-refractivity contribution in [2.75, 3.05) is 5.32 Å². The van der Waals surface area contributed by atoms with Crippen molar-refractivity contribution in [2.24, 2.45) is 0 Å². The zero-order chi connectivity index (χ0) is 13.4. The van der Waals surface area contributed by atoms with Gasteiger partial charge in [0.1, 0.15) is 11.6 Å². The number of ether oxygens (including phenoxy) is 1. The first-order chi connectivity index (χ1) is 9.17. The molecule has 3 rings (SSSR count). The summed E-state index contributed by atoms with van der Waals surface area (Å²) >= 11 is 0. The van der Waals surface area contributed by atoms with E-state index in [1.165, 1.54) is 18.2 Å². The van der Waals surface area contributed by atoms with E-state index in [1.54, 1.807) is 12.1 Å². The van der Waals surface area contributed by atoms with E-state index in [0.717, 1.165) is 6.07 Å². The monoisotopic (exact) mass is 254 g/mol. The van der Waals surface area contributed by atoms with Gasteiger partial charge in [0.05, 0.1) is 22.9 Å². The second-order valence-electron chi connectivity index (χ2n) is 4.02. The summed E-state index contributed by atoms with van der Waals surface area (Å²) in [6.45, 7) is 0. The van der Waals surface area contributed by atoms with Gasteiger partial charge in [0.25, 0.3) is 5.91 Å². The number of carbonyl (C=O) groups is 1. The molecule has 0 atom stereocenters. The number of carbonyl (C=O) groups excluding carboxylic acids is 1. The van der Waals surface area contributed by atoms with E-state index in [9.17, 15) is 9.18 Å². The zero-order valence-corrected chi connectivity index (χ0v) is 9.61. The van der Waals surface area contributed by atoms with Gasteiger partial charge in [-0.1, -0.05) is 0 Å². The summed E-state index contributed by atoms with van der Waals surface area (Å²) in [5, 5.41) is 11.5. The molecule has 1 amide bonds. The SMILES string of the molecule is N#Cc1ccc2c(c1)NC(=O)c1ccc(F)cc1O2. The summed E-state index contributed by atoms with van der Waals surface area (Å²) in [5.74, 6) is -0.356. The van der Waals surface area contributed by atoms with Crippen LogP contribution < -0.4 is 10.1 Å². The number of fused-ring (bicyclic) bond motifs is 2. The molecule has 0 spiro atoms. The Bertz CT molecular complexity index is 735. The van der Waals surface area contributed by atoms with Gasteiger partial charge in [-0.05, 0) is 30.3 Å². The molecule has 0 fully saturated rings. The first kappa shape index (κ1) is 11.2. The van der Waals surface area contributed by atoms with E-state index in [-0.39, 0.29) is 11.3 Å². The third kappa shape index (κ3) is 1.89. The highest BCUT2D eigenvalue weighted by Gasteiger charge is 2.21. The van der Waals surface area contributed by atoms with Crippen LogP contribution in [-0.2, 0) is 0 Å². The van der Waals surface area contributed by atoms with Crippen LogP contribution in [0.4, 0.5) is 10.1 Å². The average molecular weight is 254 g/mol. The third-order valence-electron chi connectivity index (χ3n) is 2.77. The van der Waals surface area contributed by atoms with Gasteiger partial charge in [0, 0.05) is 6.07 Å². The maximum atomic E-state index is 13.2. The molecule has 5 heteroatoms. The van der Waals surface area contributed by atoms with Gasteiger partial charge in [0.15, 0.2) is 5.75 Å². The molecular weight excluding hydrogens is 247 g/mol. The molecule has 92 valence electrons. The molecular formula is C14H7FN2O2. The number of anilines is 1. The quantitative estimate of drug-likeness (QED) is 0.785. The Morgan fingerprint density at radius 2 is 2.00 bits per heavy atom. The van der Waals surface area contributed by atoms with E-state index in [1.807, 2.05) is 6.07 Å². The summed E-state index contributed by atoms with van der Waals surface area (Å²) in [6.07, 6.45) is 0. The van der Waals surface area contributed by atoms with Crippen molar-refractivity contribution in [3.63, 3.8) is 0 Å². The Kier molecular flexibility index (Phi) is 2.43. The lowest BCUT2D eigenvalue weighted by Crippen LogP contribution is -2.10. The Balaban J connectivity index is 2.15. The molecule has 1 heterocycles. The van der Waals surface area contributed by atoms with Gasteiger partial charge in [-0.25, -0.2) is 4.39 Å². The summed E-state index contributed by atoms with van der Waals surface area (Å²) in [7, 11) is 0. The number of benzene rings is 2. The fraction of sp³-hybridized carbons (Fsp3) is 0. The van der Waals surface area contributed by atoms with Gasteiger partial charge in [-0.3, -0.25) is 4.79 Å². The summed E-state index contributed by atoms with van der Waals surface area (Å²) in [6, 6.07) is 10.3. The molecule has 0 aromatic heterocycles. The molecule has 0 saturated heterocycles. The highest BCUT2D eigenvalue weighted by molar-refractivity contribution is 6.08. The highest BCUT2D eigenvalue weighted by atomic mass is 19.1. The minimum Gasteiger partial charge on any atom is -0.454 e. The Morgan fingerprint density at radius 1 is 1.16 bits per heavy atom. The minimum atomic E-state index is -0.483. The fourth-order valence-electron chi connectivity index (χ4n) is 1.86. The van der Waals surface area contributed by atoms with E-state index in [0.29, 0.717) is 17.0 Å². The average Bonchev–Trinajstić information content (AvgIpc) is 2.53. The molecule has 0 unspecified atom stereocenters. The van der Waals surface area contributed by atoms with Crippen LogP contribution in [0.15, 0.2) is 36.4 Å². The lowest BCUT2D eigenvalue weighted by molar-refractivity contribution is 0.102. The first-order valence-electron chi connectivity index (χ1n) is 5.50. The number of nitriles is 1. The Morgan fingerprint density at radius 3 is 2.79 bits per heavy atom. The molecule has 1 aliphatic heterocycles. The topological polar surface area (TPSA) is 62.1 Å². The number of nitrogens with one attached hydrogen (secondary N) is 1. The minimum absolute atomic E-state index is 0.154. The second-order valence-corrected chi connectivity index (χ2v) is 4.02. The normalized spacial score (nSPS) is 12.3. The van der Waals surface area contributed by atoms with Crippen molar-refractivity contribution >= 4 is 11.6 Å². The smallest absolute Gasteiger partial charge is 0.259 e. The van der Waals surface area contributed by atoms with Gasteiger partial charge in [0.2, 0.25) is 0 Å². The van der Waals surface area contributed by atoms with Gasteiger partial charge in [-0.15, -0.1) is 0 Å². The van der Waals surface area contributed by atoms with E-state index >= 15 is 0 Å². The van der Waals surface area contributed by atoms with Crippen LogP contribution in [0.25, 0.3) is 0 Å². The largest absolute Gasteiger partial charge is 0.454 e. The van der Waals surface area contributed by atoms with Crippen LogP contribution in [0.1, 0.15) is 15.9 Å². The molecule has 2 aromatic carbocycles. The van der Waals surface area contributed by atoms with E-state index < -0.39 is 11.7 Å². The molecule has 2 aromatic rings. The van der Waals surface area contributed by atoms with Gasteiger partial charge in [-0.2, -0.15) is 5.26 Å². The lowest BCUT2D eigenvalue weighted by atomic mass is 10.2. The van der Waals surface area contributed by atoms with Gasteiger partial charge >= 0.3 is 0 Å². The second kappa shape index (κ2) is 4.10. The fourth-order valence-corrected chi connectivity index (χ4v) is 1.86. The molecule has 0 radical (unpaired) electrons. The predicted octanol–water partition coefficient (Wildman–Crippen LogP) is 3.06. The predicted molar refractivity (Wildman–Crippen MR) is 65.6 cm³/mol. The number of halogens is 1. The lowest BCUT2D eigenvalue weighted by Gasteiger charge is -2.07. The van der Waals surface area contributed by atoms with Crippen molar-refractivity contribution in [2.45, 2.75) is 0 Å².